The van der Waals surface area contributed by atoms with Gasteiger partial charge in [-0.3, -0.25) is 0 Å². The molecule has 1 fully saturated rings. The van der Waals surface area contributed by atoms with E-state index in [1.807, 2.05) is 6.08 Å². The Hall–Kier alpha value is -0.630. The van der Waals surface area contributed by atoms with Gasteiger partial charge in [-0.1, -0.05) is 0 Å². The number of nitrogens with two attached hydrogens (primary N) is 1. The first kappa shape index (κ1) is 8.95. The molecule has 2 heterocycles. The molecule has 0 aliphatic carbocycles. The molecule has 4 N–H and O–H groups in total. The fourth-order valence-corrected chi connectivity index (χ4v) is 2.27. The molecule has 7 heteroatoms. The van der Waals surface area contributed by atoms with Crippen molar-refractivity contribution < 1.29 is 8.42 Å². The van der Waals surface area contributed by atoms with Crippen LogP contribution in [0.25, 0.3) is 0 Å². The molecule has 2 aliphatic heterocycles. The molecule has 0 amide bonds. The lowest BCUT2D eigenvalue weighted by Gasteiger charge is -2.25. The minimum Gasteiger partial charge on any atom is -0.325 e. The van der Waals surface area contributed by atoms with E-state index in [4.69, 9.17) is 5.14 Å². The van der Waals surface area contributed by atoms with Crippen LogP contribution >= 0.6 is 0 Å². The second-order valence-corrected chi connectivity index (χ2v) is 4.77. The van der Waals surface area contributed by atoms with Crippen LogP contribution in [0.15, 0.2) is 11.8 Å². The van der Waals surface area contributed by atoms with E-state index in [0.29, 0.717) is 13.1 Å². The summed E-state index contributed by atoms with van der Waals surface area (Å²) in [5.74, 6) is 0.215. The van der Waals surface area contributed by atoms with Gasteiger partial charge in [0, 0.05) is 31.2 Å². The van der Waals surface area contributed by atoms with Gasteiger partial charge in [-0.05, 0) is 6.08 Å². The number of fused-ring (bicyclic) bond motifs is 1. The van der Waals surface area contributed by atoms with E-state index in [2.05, 4.69) is 10.9 Å². The zero-order valence-corrected chi connectivity index (χ0v) is 7.84. The van der Waals surface area contributed by atoms with E-state index in [1.165, 1.54) is 4.31 Å². The number of hydrogen-bond donors (Lipinski definition) is 3. The Morgan fingerprint density at radius 2 is 2.38 bits per heavy atom. The van der Waals surface area contributed by atoms with Crippen LogP contribution in [0.3, 0.4) is 0 Å². The topological polar surface area (TPSA) is 87.5 Å². The Kier molecular flexibility index (Phi) is 2.03. The predicted molar refractivity (Wildman–Crippen MR) is 47.4 cm³/mol. The molecule has 13 heavy (non-hydrogen) atoms. The smallest absolute Gasteiger partial charge is 0.277 e. The fraction of sp³-hybridized carbons (Fsp3) is 0.667. The van der Waals surface area contributed by atoms with Gasteiger partial charge in [-0.15, -0.1) is 0 Å². The van der Waals surface area contributed by atoms with Crippen molar-refractivity contribution in [3.63, 3.8) is 0 Å². The highest BCUT2D eigenvalue weighted by Gasteiger charge is 2.30. The summed E-state index contributed by atoms with van der Waals surface area (Å²) in [5, 5.41) is 5.02. The maximum Gasteiger partial charge on any atom is 0.277 e. The quantitative estimate of drug-likeness (QED) is 0.466. The average molecular weight is 204 g/mol. The van der Waals surface area contributed by atoms with E-state index in [0.717, 1.165) is 12.2 Å². The summed E-state index contributed by atoms with van der Waals surface area (Å²) in [7, 11) is -3.53. The summed E-state index contributed by atoms with van der Waals surface area (Å²) < 4.78 is 23.3. The molecule has 1 saturated heterocycles. The van der Waals surface area contributed by atoms with Crippen LogP contribution in [-0.2, 0) is 10.2 Å². The van der Waals surface area contributed by atoms with Crippen molar-refractivity contribution in [2.75, 3.05) is 19.6 Å². The molecule has 0 aromatic rings. The van der Waals surface area contributed by atoms with E-state index in [1.54, 1.807) is 0 Å². The molecule has 1 atom stereocenters. The van der Waals surface area contributed by atoms with Gasteiger partial charge in [0.15, 0.2) is 0 Å². The number of hydrazine groups is 1. The highest BCUT2D eigenvalue weighted by Crippen LogP contribution is 2.19. The normalized spacial score (nSPS) is 29.3. The first-order chi connectivity index (χ1) is 6.07. The highest BCUT2D eigenvalue weighted by atomic mass is 32.2. The van der Waals surface area contributed by atoms with E-state index in [9.17, 15) is 8.42 Å². The first-order valence-corrected chi connectivity index (χ1v) is 5.54. The van der Waals surface area contributed by atoms with Crippen molar-refractivity contribution >= 4 is 10.2 Å². The monoisotopic (exact) mass is 204 g/mol. The van der Waals surface area contributed by atoms with Crippen molar-refractivity contribution in [3.8, 4) is 0 Å². The standard InChI is InChI=1S/C6H12N4O2S/c7-13(11,12)10-2-1-6-5(4-10)3-8-9-6/h1,5,8-9H,2-4H2,(H2,7,11,12). The molecule has 2 rings (SSSR count). The van der Waals surface area contributed by atoms with Crippen LogP contribution in [0.4, 0.5) is 0 Å². The summed E-state index contributed by atoms with van der Waals surface area (Å²) in [6.45, 7) is 1.57. The number of rotatable bonds is 1. The van der Waals surface area contributed by atoms with Gasteiger partial charge in [0.25, 0.3) is 10.2 Å². The van der Waals surface area contributed by atoms with Gasteiger partial charge in [-0.2, -0.15) is 12.7 Å². The van der Waals surface area contributed by atoms with Crippen molar-refractivity contribution in [3.05, 3.63) is 11.8 Å². The third-order valence-electron chi connectivity index (χ3n) is 2.32. The summed E-state index contributed by atoms with van der Waals surface area (Å²) in [4.78, 5) is 0. The Labute approximate surface area is 76.9 Å². The maximum atomic E-state index is 11.0. The van der Waals surface area contributed by atoms with Crippen LogP contribution in [0.1, 0.15) is 0 Å². The van der Waals surface area contributed by atoms with Crippen LogP contribution in [0.2, 0.25) is 0 Å². The largest absolute Gasteiger partial charge is 0.325 e. The van der Waals surface area contributed by atoms with E-state index >= 15 is 0 Å². The zero-order valence-electron chi connectivity index (χ0n) is 7.03. The Bertz CT molecular complexity index is 337. The average Bonchev–Trinajstić information content (AvgIpc) is 2.47. The van der Waals surface area contributed by atoms with Crippen LogP contribution in [0.5, 0.6) is 0 Å². The summed E-state index contributed by atoms with van der Waals surface area (Å²) in [6.07, 6.45) is 1.85. The van der Waals surface area contributed by atoms with Crippen molar-refractivity contribution in [1.82, 2.24) is 15.2 Å². The summed E-state index contributed by atoms with van der Waals surface area (Å²) in [5.41, 5.74) is 7.00. The van der Waals surface area contributed by atoms with Crippen molar-refractivity contribution in [2.24, 2.45) is 11.1 Å². The number of nitrogens with zero attached hydrogens (tertiary/aromatic N) is 1. The summed E-state index contributed by atoms with van der Waals surface area (Å²) >= 11 is 0. The van der Waals surface area contributed by atoms with Gasteiger partial charge in [0.2, 0.25) is 0 Å². The molecular formula is C6H12N4O2S. The summed E-state index contributed by atoms with van der Waals surface area (Å²) in [6, 6.07) is 0. The molecule has 2 aliphatic rings. The third-order valence-corrected chi connectivity index (χ3v) is 3.34. The van der Waals surface area contributed by atoms with Crippen LogP contribution in [-0.4, -0.2) is 32.4 Å². The van der Waals surface area contributed by atoms with Gasteiger partial charge in [0.1, 0.15) is 0 Å². The van der Waals surface area contributed by atoms with Gasteiger partial charge < -0.3 is 5.43 Å². The molecule has 0 spiro atoms. The molecular weight excluding hydrogens is 192 g/mol. The maximum absolute atomic E-state index is 11.0. The molecule has 74 valence electrons. The number of nitrogens with one attached hydrogen (secondary N) is 2. The molecule has 1 unspecified atom stereocenters. The fourth-order valence-electron chi connectivity index (χ4n) is 1.60. The lowest BCUT2D eigenvalue weighted by molar-refractivity contribution is 0.383. The highest BCUT2D eigenvalue weighted by molar-refractivity contribution is 7.86. The van der Waals surface area contributed by atoms with Crippen LogP contribution in [0, 0.1) is 5.92 Å². The Morgan fingerprint density at radius 1 is 1.62 bits per heavy atom. The lowest BCUT2D eigenvalue weighted by atomic mass is 10.1. The Morgan fingerprint density at radius 3 is 3.08 bits per heavy atom. The predicted octanol–water partition coefficient (Wildman–Crippen LogP) is -1.89. The molecule has 0 aromatic heterocycles. The van der Waals surface area contributed by atoms with Crippen molar-refractivity contribution in [1.29, 1.82) is 0 Å². The SMILES string of the molecule is NS(=O)(=O)N1CC=C2NNCC2C1. The second kappa shape index (κ2) is 2.95. The van der Waals surface area contributed by atoms with E-state index in [-0.39, 0.29) is 5.92 Å². The first-order valence-electron chi connectivity index (χ1n) is 4.04. The molecule has 0 aromatic carbocycles. The third kappa shape index (κ3) is 1.68. The van der Waals surface area contributed by atoms with Crippen LogP contribution < -0.4 is 16.0 Å². The van der Waals surface area contributed by atoms with Crippen molar-refractivity contribution in [2.45, 2.75) is 0 Å². The van der Waals surface area contributed by atoms with Gasteiger partial charge in [0.05, 0.1) is 0 Å². The minimum absolute atomic E-state index is 0.215. The minimum atomic E-state index is -3.53. The second-order valence-electron chi connectivity index (χ2n) is 3.22. The Balaban J connectivity index is 2.17. The zero-order chi connectivity index (χ0) is 9.47. The van der Waals surface area contributed by atoms with E-state index < -0.39 is 10.2 Å². The molecule has 6 nitrogen and oxygen atoms in total. The molecule has 0 radical (unpaired) electrons. The van der Waals surface area contributed by atoms with Gasteiger partial charge in [-0.25, -0.2) is 10.6 Å². The lowest BCUT2D eigenvalue weighted by Crippen LogP contribution is -2.43. The number of hydrogen-bond acceptors (Lipinski definition) is 4. The molecule has 0 saturated carbocycles. The van der Waals surface area contributed by atoms with Gasteiger partial charge >= 0.3 is 0 Å². The molecule has 0 bridgehead atoms.